The Labute approximate surface area is 155 Å². The highest BCUT2D eigenvalue weighted by Crippen LogP contribution is 2.35. The van der Waals surface area contributed by atoms with E-state index >= 15 is 0 Å². The van der Waals surface area contributed by atoms with Crippen LogP contribution in [-0.2, 0) is 0 Å². The first-order valence-corrected chi connectivity index (χ1v) is 7.97. The smallest absolute Gasteiger partial charge is 0.269 e. The number of piperazine rings is 1. The van der Waals surface area contributed by atoms with Crippen LogP contribution in [0.3, 0.4) is 0 Å². The first-order valence-electron chi connectivity index (χ1n) is 7.09. The Balaban J connectivity index is 0.00000144. The van der Waals surface area contributed by atoms with Gasteiger partial charge in [0.05, 0.1) is 11.0 Å². The lowest BCUT2D eigenvalue weighted by Crippen LogP contribution is -2.45. The third-order valence-corrected chi connectivity index (χ3v) is 4.74. The van der Waals surface area contributed by atoms with Gasteiger partial charge in [0.2, 0.25) is 0 Å². The molecule has 0 aliphatic carbocycles. The molecule has 9 heteroatoms. The number of hydrogen-bond donors (Lipinski definition) is 1. The molecule has 1 N–H and O–H groups in total. The van der Waals surface area contributed by atoms with Crippen molar-refractivity contribution in [3.8, 4) is 0 Å². The molecule has 3 rings (SSSR count). The van der Waals surface area contributed by atoms with E-state index in [4.69, 9.17) is 0 Å². The highest BCUT2D eigenvalue weighted by Gasteiger charge is 2.28. The molecule has 2 heterocycles. The van der Waals surface area contributed by atoms with Gasteiger partial charge in [-0.15, -0.1) is 36.2 Å². The molecule has 5 nitrogen and oxygen atoms in total. The van der Waals surface area contributed by atoms with Crippen LogP contribution < -0.4 is 5.32 Å². The van der Waals surface area contributed by atoms with E-state index in [9.17, 15) is 14.5 Å². The average molecular weight is 394 g/mol. The van der Waals surface area contributed by atoms with E-state index in [1.807, 2.05) is 17.5 Å². The van der Waals surface area contributed by atoms with Gasteiger partial charge in [0.15, 0.2) is 0 Å². The Hall–Kier alpha value is -1.25. The van der Waals surface area contributed by atoms with Gasteiger partial charge in [-0.25, -0.2) is 4.39 Å². The number of nitrogens with one attached hydrogen (secondary N) is 1. The molecule has 0 unspecified atom stereocenters. The van der Waals surface area contributed by atoms with E-state index in [1.54, 1.807) is 11.3 Å². The van der Waals surface area contributed by atoms with Gasteiger partial charge in [-0.05, 0) is 17.5 Å². The Bertz CT molecular complexity index is 667. The van der Waals surface area contributed by atoms with E-state index in [1.165, 1.54) is 18.2 Å². The number of benzene rings is 1. The molecule has 0 radical (unpaired) electrons. The van der Waals surface area contributed by atoms with Crippen LogP contribution in [0.4, 0.5) is 10.1 Å². The molecule has 1 saturated heterocycles. The van der Waals surface area contributed by atoms with Crippen molar-refractivity contribution >= 4 is 41.8 Å². The topological polar surface area (TPSA) is 58.4 Å². The SMILES string of the molecule is Cl.Cl.O=[N+]([O-])c1ccc(F)c([C@@H](c2cccs2)N2CCNCC2)c1. The van der Waals surface area contributed by atoms with Crippen LogP contribution in [-0.4, -0.2) is 36.0 Å². The van der Waals surface area contributed by atoms with E-state index in [2.05, 4.69) is 10.2 Å². The molecule has 1 aliphatic heterocycles. The van der Waals surface area contributed by atoms with Gasteiger partial charge >= 0.3 is 0 Å². The lowest BCUT2D eigenvalue weighted by atomic mass is 10.0. The fraction of sp³-hybridized carbons (Fsp3) is 0.333. The van der Waals surface area contributed by atoms with E-state index in [-0.39, 0.29) is 36.5 Å². The zero-order valence-corrected chi connectivity index (χ0v) is 15.1. The standard InChI is InChI=1S/C15H16FN3O2S.2ClH/c16-13-4-3-11(19(20)21)10-12(13)15(14-2-1-9-22-14)18-7-5-17-6-8-18;;/h1-4,9-10,15,17H,5-8H2;2*1H/t15-;;/m0../s1. The second-order valence-electron chi connectivity index (χ2n) is 5.17. The summed E-state index contributed by atoms with van der Waals surface area (Å²) in [5.41, 5.74) is 0.298. The minimum Gasteiger partial charge on any atom is -0.314 e. The minimum absolute atomic E-state index is 0. The molecule has 1 aromatic heterocycles. The number of nitrogens with zero attached hydrogens (tertiary/aromatic N) is 2. The Morgan fingerprint density at radius 1 is 1.25 bits per heavy atom. The van der Waals surface area contributed by atoms with E-state index < -0.39 is 10.7 Å². The fourth-order valence-corrected chi connectivity index (χ4v) is 3.65. The summed E-state index contributed by atoms with van der Waals surface area (Å²) in [7, 11) is 0. The summed E-state index contributed by atoms with van der Waals surface area (Å²) in [6.07, 6.45) is 0. The van der Waals surface area contributed by atoms with Gasteiger partial charge in [0.1, 0.15) is 5.82 Å². The number of thiophene rings is 1. The number of halogens is 3. The molecular formula is C15H18Cl2FN3O2S. The van der Waals surface area contributed by atoms with Crippen LogP contribution in [0.15, 0.2) is 35.7 Å². The van der Waals surface area contributed by atoms with Crippen molar-refractivity contribution in [2.45, 2.75) is 6.04 Å². The van der Waals surface area contributed by atoms with Crippen molar-refractivity contribution in [2.24, 2.45) is 0 Å². The maximum atomic E-state index is 14.4. The molecule has 0 amide bonds. The molecule has 24 heavy (non-hydrogen) atoms. The fourth-order valence-electron chi connectivity index (χ4n) is 2.77. The molecule has 1 aromatic carbocycles. The second-order valence-corrected chi connectivity index (χ2v) is 6.15. The van der Waals surface area contributed by atoms with Crippen molar-refractivity contribution in [3.63, 3.8) is 0 Å². The normalized spacial score (nSPS) is 15.9. The molecule has 132 valence electrons. The summed E-state index contributed by atoms with van der Waals surface area (Å²) in [5, 5.41) is 16.2. The van der Waals surface area contributed by atoms with Gasteiger partial charge < -0.3 is 5.32 Å². The van der Waals surface area contributed by atoms with Crippen LogP contribution >= 0.6 is 36.2 Å². The molecule has 2 aromatic rings. The van der Waals surface area contributed by atoms with Gasteiger partial charge in [-0.3, -0.25) is 15.0 Å². The van der Waals surface area contributed by atoms with Crippen molar-refractivity contribution in [2.75, 3.05) is 26.2 Å². The summed E-state index contributed by atoms with van der Waals surface area (Å²) in [6.45, 7) is 3.23. The summed E-state index contributed by atoms with van der Waals surface area (Å²) in [6, 6.07) is 7.36. The van der Waals surface area contributed by atoms with Crippen LogP contribution in [0, 0.1) is 15.9 Å². The van der Waals surface area contributed by atoms with Gasteiger partial charge in [-0.2, -0.15) is 0 Å². The van der Waals surface area contributed by atoms with Gasteiger partial charge in [0.25, 0.3) is 5.69 Å². The predicted octanol–water partition coefficient (Wildman–Crippen LogP) is 3.63. The quantitative estimate of drug-likeness (QED) is 0.636. The zero-order valence-electron chi connectivity index (χ0n) is 12.7. The molecule has 0 spiro atoms. The second kappa shape index (κ2) is 9.29. The third-order valence-electron chi connectivity index (χ3n) is 3.81. The number of non-ortho nitro benzene ring substituents is 1. The highest BCUT2D eigenvalue weighted by atomic mass is 35.5. The van der Waals surface area contributed by atoms with Crippen LogP contribution in [0.25, 0.3) is 0 Å². The van der Waals surface area contributed by atoms with Crippen molar-refractivity contribution in [1.29, 1.82) is 0 Å². The van der Waals surface area contributed by atoms with Crippen molar-refractivity contribution in [3.05, 3.63) is 62.1 Å². The van der Waals surface area contributed by atoms with E-state index in [0.717, 1.165) is 31.1 Å². The Morgan fingerprint density at radius 3 is 2.54 bits per heavy atom. The van der Waals surface area contributed by atoms with Crippen LogP contribution in [0.1, 0.15) is 16.5 Å². The van der Waals surface area contributed by atoms with Crippen molar-refractivity contribution in [1.82, 2.24) is 10.2 Å². The third kappa shape index (κ3) is 4.43. The Morgan fingerprint density at radius 2 is 1.96 bits per heavy atom. The summed E-state index contributed by atoms with van der Waals surface area (Å²) in [5.74, 6) is -0.400. The molecular weight excluding hydrogens is 376 g/mol. The molecule has 1 fully saturated rings. The zero-order chi connectivity index (χ0) is 15.5. The number of nitro benzene ring substituents is 1. The first kappa shape index (κ1) is 20.8. The maximum Gasteiger partial charge on any atom is 0.269 e. The lowest BCUT2D eigenvalue weighted by molar-refractivity contribution is -0.385. The number of hydrogen-bond acceptors (Lipinski definition) is 5. The summed E-state index contributed by atoms with van der Waals surface area (Å²) in [4.78, 5) is 13.7. The van der Waals surface area contributed by atoms with E-state index in [0.29, 0.717) is 5.56 Å². The predicted molar refractivity (Wildman–Crippen MR) is 98.2 cm³/mol. The first-order chi connectivity index (χ1) is 10.7. The monoisotopic (exact) mass is 393 g/mol. The maximum absolute atomic E-state index is 14.4. The molecule has 1 aliphatic rings. The molecule has 0 bridgehead atoms. The Kier molecular flexibility index (Phi) is 8.05. The van der Waals surface area contributed by atoms with Gasteiger partial charge in [0, 0.05) is 48.8 Å². The minimum atomic E-state index is -0.480. The molecule has 0 saturated carbocycles. The summed E-state index contributed by atoms with van der Waals surface area (Å²) >= 11 is 1.54. The number of rotatable bonds is 4. The van der Waals surface area contributed by atoms with Crippen LogP contribution in [0.2, 0.25) is 0 Å². The van der Waals surface area contributed by atoms with Crippen molar-refractivity contribution < 1.29 is 9.31 Å². The lowest BCUT2D eigenvalue weighted by Gasteiger charge is -2.34. The highest BCUT2D eigenvalue weighted by molar-refractivity contribution is 7.10. The summed E-state index contributed by atoms with van der Waals surface area (Å²) < 4.78 is 14.4. The molecule has 1 atom stereocenters. The number of nitro groups is 1. The van der Waals surface area contributed by atoms with Crippen LogP contribution in [0.5, 0.6) is 0 Å². The largest absolute Gasteiger partial charge is 0.314 e. The average Bonchev–Trinajstić information content (AvgIpc) is 3.04. The van der Waals surface area contributed by atoms with Gasteiger partial charge in [-0.1, -0.05) is 6.07 Å².